The van der Waals surface area contributed by atoms with Crippen LogP contribution in [0.3, 0.4) is 0 Å². The number of benzene rings is 1. The van der Waals surface area contributed by atoms with Gasteiger partial charge in [0.15, 0.2) is 11.5 Å². The highest BCUT2D eigenvalue weighted by atomic mass is 16.5. The Bertz CT molecular complexity index is 597. The zero-order valence-electron chi connectivity index (χ0n) is 14.6. The predicted molar refractivity (Wildman–Crippen MR) is 92.4 cm³/mol. The summed E-state index contributed by atoms with van der Waals surface area (Å²) in [5.41, 5.74) is -0.331. The zero-order chi connectivity index (χ0) is 17.6. The van der Waals surface area contributed by atoms with Gasteiger partial charge in [-0.25, -0.2) is 0 Å². The van der Waals surface area contributed by atoms with Gasteiger partial charge in [0, 0.05) is 18.3 Å². The number of anilines is 1. The molecule has 1 aliphatic rings. The molecule has 132 valence electrons. The molecule has 2 N–H and O–H groups in total. The largest absolute Gasteiger partial charge is 0.493 e. The highest BCUT2D eigenvalue weighted by molar-refractivity contribution is 6.13. The third-order valence-corrected chi connectivity index (χ3v) is 4.33. The summed E-state index contributed by atoms with van der Waals surface area (Å²) in [4.78, 5) is 24.9. The van der Waals surface area contributed by atoms with Gasteiger partial charge in [-0.3, -0.25) is 9.59 Å². The highest BCUT2D eigenvalue weighted by Crippen LogP contribution is 2.47. The van der Waals surface area contributed by atoms with Crippen LogP contribution in [0.1, 0.15) is 39.0 Å². The molecule has 6 heteroatoms. The second-order valence-electron chi connectivity index (χ2n) is 6.07. The Kier molecular flexibility index (Phi) is 6.06. The Labute approximate surface area is 142 Å². The molecular formula is C18H26N2O4. The topological polar surface area (TPSA) is 76.7 Å². The second-order valence-corrected chi connectivity index (χ2v) is 6.07. The molecule has 0 aromatic heterocycles. The molecule has 2 rings (SSSR count). The van der Waals surface area contributed by atoms with Crippen LogP contribution < -0.4 is 20.1 Å². The summed E-state index contributed by atoms with van der Waals surface area (Å²) in [5, 5.41) is 5.70. The molecule has 0 saturated heterocycles. The molecule has 1 aromatic carbocycles. The van der Waals surface area contributed by atoms with E-state index in [-0.39, 0.29) is 11.8 Å². The molecule has 1 fully saturated rings. The number of nitrogens with one attached hydrogen (secondary N) is 2. The lowest BCUT2D eigenvalue weighted by atomic mass is 10.0. The highest BCUT2D eigenvalue weighted by Gasteiger charge is 2.56. The molecule has 0 unspecified atom stereocenters. The van der Waals surface area contributed by atoms with E-state index in [1.54, 1.807) is 25.3 Å². The Morgan fingerprint density at radius 3 is 2.38 bits per heavy atom. The maximum absolute atomic E-state index is 12.5. The van der Waals surface area contributed by atoms with Crippen LogP contribution in [0.4, 0.5) is 5.69 Å². The zero-order valence-corrected chi connectivity index (χ0v) is 14.6. The molecule has 1 aromatic rings. The van der Waals surface area contributed by atoms with Gasteiger partial charge in [0.1, 0.15) is 5.41 Å². The van der Waals surface area contributed by atoms with E-state index in [4.69, 9.17) is 9.47 Å². The number of hydrogen-bond donors (Lipinski definition) is 2. The summed E-state index contributed by atoms with van der Waals surface area (Å²) in [5.74, 6) is 0.689. The van der Waals surface area contributed by atoms with Crippen molar-refractivity contribution in [2.24, 2.45) is 5.41 Å². The van der Waals surface area contributed by atoms with Crippen molar-refractivity contribution >= 4 is 17.5 Å². The van der Waals surface area contributed by atoms with Gasteiger partial charge in [0.25, 0.3) is 0 Å². The van der Waals surface area contributed by atoms with Crippen molar-refractivity contribution < 1.29 is 19.1 Å². The van der Waals surface area contributed by atoms with E-state index >= 15 is 0 Å². The Morgan fingerprint density at radius 2 is 1.79 bits per heavy atom. The van der Waals surface area contributed by atoms with E-state index in [9.17, 15) is 9.59 Å². The van der Waals surface area contributed by atoms with Crippen molar-refractivity contribution in [3.05, 3.63) is 18.2 Å². The first-order valence-electron chi connectivity index (χ1n) is 8.39. The third kappa shape index (κ3) is 3.99. The second kappa shape index (κ2) is 8.04. The lowest BCUT2D eigenvalue weighted by Crippen LogP contribution is -2.40. The molecular weight excluding hydrogens is 308 g/mol. The van der Waals surface area contributed by atoms with Crippen LogP contribution in [0.15, 0.2) is 18.2 Å². The van der Waals surface area contributed by atoms with Gasteiger partial charge in [0.2, 0.25) is 11.8 Å². The van der Waals surface area contributed by atoms with Crippen LogP contribution in [0.5, 0.6) is 11.5 Å². The normalized spacial score (nSPS) is 14.6. The van der Waals surface area contributed by atoms with Crippen LogP contribution >= 0.6 is 0 Å². The maximum atomic E-state index is 12.5. The van der Waals surface area contributed by atoms with Crippen LogP contribution in [0.25, 0.3) is 0 Å². The van der Waals surface area contributed by atoms with Crippen molar-refractivity contribution in [2.45, 2.75) is 39.0 Å². The minimum Gasteiger partial charge on any atom is -0.493 e. The summed E-state index contributed by atoms with van der Waals surface area (Å²) in [6.07, 6.45) is 4.29. The Morgan fingerprint density at radius 1 is 1.08 bits per heavy atom. The van der Waals surface area contributed by atoms with Gasteiger partial charge in [-0.1, -0.05) is 19.8 Å². The molecule has 6 nitrogen and oxygen atoms in total. The number of carbonyl (C=O) groups is 2. The standard InChI is InChI=1S/C18H26N2O4/c1-4-5-6-11-19-16(21)18(9-10-18)17(22)20-13-7-8-14(23-2)15(12-13)24-3/h7-8,12H,4-6,9-11H2,1-3H3,(H,19,21)(H,20,22). The Hall–Kier alpha value is -2.24. The molecule has 24 heavy (non-hydrogen) atoms. The molecule has 1 saturated carbocycles. The summed E-state index contributed by atoms with van der Waals surface area (Å²) in [7, 11) is 3.09. The van der Waals surface area contributed by atoms with Gasteiger partial charge in [0.05, 0.1) is 14.2 Å². The van der Waals surface area contributed by atoms with Gasteiger partial charge in [-0.05, 0) is 31.4 Å². The first-order valence-corrected chi connectivity index (χ1v) is 8.39. The van der Waals surface area contributed by atoms with E-state index in [1.165, 1.54) is 7.11 Å². The Balaban J connectivity index is 1.97. The van der Waals surface area contributed by atoms with Gasteiger partial charge in [-0.2, -0.15) is 0 Å². The fraction of sp³-hybridized carbons (Fsp3) is 0.556. The van der Waals surface area contributed by atoms with Crippen molar-refractivity contribution in [1.82, 2.24) is 5.32 Å². The molecule has 0 aliphatic heterocycles. The van der Waals surface area contributed by atoms with E-state index < -0.39 is 5.41 Å². The average molecular weight is 334 g/mol. The third-order valence-electron chi connectivity index (χ3n) is 4.33. The molecule has 0 atom stereocenters. The predicted octanol–water partition coefficient (Wildman–Crippen LogP) is 2.73. The van der Waals surface area contributed by atoms with E-state index in [2.05, 4.69) is 17.6 Å². The van der Waals surface area contributed by atoms with Crippen LogP contribution in [0.2, 0.25) is 0 Å². The van der Waals surface area contributed by atoms with Crippen LogP contribution in [0, 0.1) is 5.41 Å². The van der Waals surface area contributed by atoms with Crippen molar-refractivity contribution in [2.75, 3.05) is 26.1 Å². The van der Waals surface area contributed by atoms with Crippen molar-refractivity contribution in [1.29, 1.82) is 0 Å². The lowest BCUT2D eigenvalue weighted by Gasteiger charge is -2.16. The number of unbranched alkanes of at least 4 members (excludes halogenated alkanes) is 2. The first kappa shape index (κ1) is 18.1. The summed E-state index contributed by atoms with van der Waals surface area (Å²) >= 11 is 0. The molecule has 0 heterocycles. The van der Waals surface area contributed by atoms with E-state index in [0.717, 1.165) is 19.3 Å². The van der Waals surface area contributed by atoms with E-state index in [1.807, 2.05) is 0 Å². The number of methoxy groups -OCH3 is 2. The SMILES string of the molecule is CCCCCNC(=O)C1(C(=O)Nc2ccc(OC)c(OC)c2)CC1. The number of amides is 2. The van der Waals surface area contributed by atoms with Gasteiger partial charge < -0.3 is 20.1 Å². The molecule has 0 radical (unpaired) electrons. The maximum Gasteiger partial charge on any atom is 0.240 e. The number of rotatable bonds is 9. The van der Waals surface area contributed by atoms with Gasteiger partial charge in [-0.15, -0.1) is 0 Å². The monoisotopic (exact) mass is 334 g/mol. The van der Waals surface area contributed by atoms with Crippen LogP contribution in [-0.2, 0) is 9.59 Å². The summed E-state index contributed by atoms with van der Waals surface area (Å²) in [6, 6.07) is 5.14. The minimum absolute atomic E-state index is 0.170. The number of ether oxygens (including phenoxy) is 2. The van der Waals surface area contributed by atoms with Crippen molar-refractivity contribution in [3.8, 4) is 11.5 Å². The van der Waals surface area contributed by atoms with Gasteiger partial charge >= 0.3 is 0 Å². The quantitative estimate of drug-likeness (QED) is 0.538. The fourth-order valence-corrected chi connectivity index (χ4v) is 2.59. The lowest BCUT2D eigenvalue weighted by molar-refractivity contribution is -0.134. The first-order chi connectivity index (χ1) is 11.6. The fourth-order valence-electron chi connectivity index (χ4n) is 2.59. The minimum atomic E-state index is -0.917. The number of carbonyl (C=O) groups excluding carboxylic acids is 2. The molecule has 0 bridgehead atoms. The van der Waals surface area contributed by atoms with Crippen molar-refractivity contribution in [3.63, 3.8) is 0 Å². The summed E-state index contributed by atoms with van der Waals surface area (Å²) in [6.45, 7) is 2.73. The molecule has 1 aliphatic carbocycles. The number of hydrogen-bond acceptors (Lipinski definition) is 4. The molecule has 0 spiro atoms. The van der Waals surface area contributed by atoms with E-state index in [0.29, 0.717) is 36.6 Å². The average Bonchev–Trinajstić information content (AvgIpc) is 3.40. The smallest absolute Gasteiger partial charge is 0.240 e. The summed E-state index contributed by atoms with van der Waals surface area (Å²) < 4.78 is 10.4. The van der Waals surface area contributed by atoms with Crippen LogP contribution in [-0.4, -0.2) is 32.6 Å². The molecule has 2 amide bonds.